The van der Waals surface area contributed by atoms with Crippen molar-refractivity contribution in [3.8, 4) is 5.69 Å². The molecule has 0 radical (unpaired) electrons. The lowest BCUT2D eigenvalue weighted by molar-refractivity contribution is 0.102. The van der Waals surface area contributed by atoms with Crippen LogP contribution in [0.15, 0.2) is 70.7 Å². The molecule has 136 valence electrons. The van der Waals surface area contributed by atoms with Gasteiger partial charge in [-0.15, -0.1) is 10.2 Å². The van der Waals surface area contributed by atoms with Crippen LogP contribution in [0, 0.1) is 20.8 Å². The highest BCUT2D eigenvalue weighted by atomic mass is 16.2. The van der Waals surface area contributed by atoms with Gasteiger partial charge in [-0.1, -0.05) is 40.6 Å². The van der Waals surface area contributed by atoms with Crippen LogP contribution in [-0.4, -0.2) is 25.9 Å². The SMILES string of the molecule is Cc1ccc(N=N/C(=C\O)C(=O)c2nnn(-c3ccc(C)cc3)c2C)cc1. The van der Waals surface area contributed by atoms with Gasteiger partial charge in [0.1, 0.15) is 6.26 Å². The number of azo groups is 1. The van der Waals surface area contributed by atoms with Crippen molar-refractivity contribution in [3.05, 3.63) is 83.0 Å². The molecule has 1 N–H and O–H groups in total. The summed E-state index contributed by atoms with van der Waals surface area (Å²) >= 11 is 0. The number of hydrogen-bond donors (Lipinski definition) is 1. The average Bonchev–Trinajstić information content (AvgIpc) is 3.05. The van der Waals surface area contributed by atoms with E-state index >= 15 is 0 Å². The Morgan fingerprint density at radius 1 is 1.00 bits per heavy atom. The van der Waals surface area contributed by atoms with Gasteiger partial charge in [-0.3, -0.25) is 4.79 Å². The Hall–Kier alpha value is -3.61. The van der Waals surface area contributed by atoms with Crippen molar-refractivity contribution in [2.75, 3.05) is 0 Å². The summed E-state index contributed by atoms with van der Waals surface area (Å²) < 4.78 is 1.57. The van der Waals surface area contributed by atoms with Crippen LogP contribution < -0.4 is 0 Å². The van der Waals surface area contributed by atoms with Crippen molar-refractivity contribution < 1.29 is 9.90 Å². The van der Waals surface area contributed by atoms with Gasteiger partial charge in [-0.05, 0) is 45.0 Å². The summed E-state index contributed by atoms with van der Waals surface area (Å²) in [5.74, 6) is -0.552. The van der Waals surface area contributed by atoms with Crippen LogP contribution in [0.25, 0.3) is 5.69 Å². The first kappa shape index (κ1) is 18.2. The number of allylic oxidation sites excluding steroid dienone is 1. The number of aromatic nitrogens is 3. The summed E-state index contributed by atoms with van der Waals surface area (Å²) in [6.07, 6.45) is 0.629. The van der Waals surface area contributed by atoms with Crippen LogP contribution >= 0.6 is 0 Å². The lowest BCUT2D eigenvalue weighted by Crippen LogP contribution is -2.06. The molecule has 0 saturated carbocycles. The van der Waals surface area contributed by atoms with Crippen molar-refractivity contribution in [3.63, 3.8) is 0 Å². The smallest absolute Gasteiger partial charge is 0.238 e. The van der Waals surface area contributed by atoms with E-state index < -0.39 is 5.78 Å². The van der Waals surface area contributed by atoms with E-state index in [4.69, 9.17) is 0 Å². The van der Waals surface area contributed by atoms with Gasteiger partial charge in [0.05, 0.1) is 17.1 Å². The molecule has 0 aliphatic rings. The molecule has 3 aromatic rings. The largest absolute Gasteiger partial charge is 0.513 e. The molecule has 1 heterocycles. The van der Waals surface area contributed by atoms with E-state index in [9.17, 15) is 9.90 Å². The molecule has 7 heteroatoms. The van der Waals surface area contributed by atoms with Gasteiger partial charge in [0, 0.05) is 0 Å². The van der Waals surface area contributed by atoms with E-state index in [-0.39, 0.29) is 11.4 Å². The van der Waals surface area contributed by atoms with Crippen molar-refractivity contribution in [2.45, 2.75) is 20.8 Å². The van der Waals surface area contributed by atoms with Crippen LogP contribution in [0.4, 0.5) is 5.69 Å². The minimum atomic E-state index is -0.552. The number of benzene rings is 2. The lowest BCUT2D eigenvalue weighted by Gasteiger charge is -2.04. The summed E-state index contributed by atoms with van der Waals surface area (Å²) in [6.45, 7) is 5.69. The lowest BCUT2D eigenvalue weighted by atomic mass is 10.2. The first-order valence-electron chi connectivity index (χ1n) is 8.36. The highest BCUT2D eigenvalue weighted by Gasteiger charge is 2.21. The highest BCUT2D eigenvalue weighted by molar-refractivity contribution is 6.07. The number of aliphatic hydroxyl groups excluding tert-OH is 1. The standard InChI is InChI=1S/C20H19N5O2/c1-13-4-8-16(9-5-13)21-22-18(12-26)20(27)19-15(3)25(24-23-19)17-10-6-14(2)7-11-17/h4-12,26H,1-3H3/b18-12-,22-21?. The van der Waals surface area contributed by atoms with Gasteiger partial charge in [0.2, 0.25) is 5.78 Å². The molecule has 0 unspecified atom stereocenters. The molecule has 0 spiro atoms. The zero-order valence-corrected chi connectivity index (χ0v) is 15.3. The van der Waals surface area contributed by atoms with Gasteiger partial charge >= 0.3 is 0 Å². The van der Waals surface area contributed by atoms with E-state index in [1.165, 1.54) is 0 Å². The Bertz CT molecular complexity index is 1020. The average molecular weight is 361 g/mol. The first-order chi connectivity index (χ1) is 13.0. The van der Waals surface area contributed by atoms with Gasteiger partial charge < -0.3 is 5.11 Å². The maximum absolute atomic E-state index is 12.7. The molecule has 0 saturated heterocycles. The molecule has 3 rings (SSSR count). The monoisotopic (exact) mass is 361 g/mol. The second-order valence-corrected chi connectivity index (χ2v) is 6.15. The number of carbonyl (C=O) groups is 1. The predicted molar refractivity (Wildman–Crippen MR) is 102 cm³/mol. The predicted octanol–water partition coefficient (Wildman–Crippen LogP) is 4.56. The summed E-state index contributed by atoms with van der Waals surface area (Å²) in [5, 5.41) is 25.3. The van der Waals surface area contributed by atoms with E-state index in [1.807, 2.05) is 50.2 Å². The van der Waals surface area contributed by atoms with E-state index in [0.29, 0.717) is 17.6 Å². The number of carbonyl (C=O) groups excluding carboxylic acids is 1. The second kappa shape index (κ2) is 7.74. The number of aliphatic hydroxyl groups is 1. The van der Waals surface area contributed by atoms with Crippen LogP contribution in [0.1, 0.15) is 27.3 Å². The van der Waals surface area contributed by atoms with E-state index in [1.54, 1.807) is 23.7 Å². The summed E-state index contributed by atoms with van der Waals surface area (Å²) in [7, 11) is 0. The third-order valence-electron chi connectivity index (χ3n) is 4.05. The maximum atomic E-state index is 12.7. The molecule has 2 aromatic carbocycles. The van der Waals surface area contributed by atoms with E-state index in [0.717, 1.165) is 16.8 Å². The second-order valence-electron chi connectivity index (χ2n) is 6.15. The normalized spacial score (nSPS) is 11.9. The van der Waals surface area contributed by atoms with Crippen LogP contribution in [0.3, 0.4) is 0 Å². The fourth-order valence-electron chi connectivity index (χ4n) is 2.44. The Morgan fingerprint density at radius 2 is 1.59 bits per heavy atom. The Morgan fingerprint density at radius 3 is 2.19 bits per heavy atom. The number of Topliss-reactive ketones (excluding diaryl/α,β-unsaturated/α-hetero) is 1. The highest BCUT2D eigenvalue weighted by Crippen LogP contribution is 2.19. The molecular weight excluding hydrogens is 342 g/mol. The van der Waals surface area contributed by atoms with Crippen molar-refractivity contribution >= 4 is 11.5 Å². The zero-order valence-electron chi connectivity index (χ0n) is 15.3. The Kier molecular flexibility index (Phi) is 5.21. The molecule has 0 atom stereocenters. The van der Waals surface area contributed by atoms with Crippen LogP contribution in [-0.2, 0) is 0 Å². The molecular formula is C20H19N5O2. The molecule has 0 aliphatic heterocycles. The first-order valence-corrected chi connectivity index (χ1v) is 8.36. The number of hydrogen-bond acceptors (Lipinski definition) is 6. The fraction of sp³-hybridized carbons (Fsp3) is 0.150. The van der Waals surface area contributed by atoms with Crippen LogP contribution in [0.5, 0.6) is 0 Å². The quantitative estimate of drug-likeness (QED) is 0.312. The Labute approximate surface area is 156 Å². The molecule has 27 heavy (non-hydrogen) atoms. The number of rotatable bonds is 5. The van der Waals surface area contributed by atoms with Crippen molar-refractivity contribution in [1.82, 2.24) is 15.0 Å². The van der Waals surface area contributed by atoms with Gasteiger partial charge in [-0.25, -0.2) is 4.68 Å². The number of ketones is 1. The molecule has 0 aliphatic carbocycles. The van der Waals surface area contributed by atoms with Crippen molar-refractivity contribution in [1.29, 1.82) is 0 Å². The Balaban J connectivity index is 1.86. The number of aryl methyl sites for hydroxylation is 2. The molecule has 1 aromatic heterocycles. The summed E-state index contributed by atoms with van der Waals surface area (Å²) in [6, 6.07) is 15.0. The molecule has 0 amide bonds. The maximum Gasteiger partial charge on any atom is 0.238 e. The van der Waals surface area contributed by atoms with Crippen LogP contribution in [0.2, 0.25) is 0 Å². The fourth-order valence-corrected chi connectivity index (χ4v) is 2.44. The van der Waals surface area contributed by atoms with Crippen molar-refractivity contribution in [2.24, 2.45) is 10.2 Å². The summed E-state index contributed by atoms with van der Waals surface area (Å²) in [5.41, 5.74) is 4.02. The summed E-state index contributed by atoms with van der Waals surface area (Å²) in [4.78, 5) is 12.7. The minimum Gasteiger partial charge on any atom is -0.513 e. The molecule has 0 bridgehead atoms. The molecule has 0 fully saturated rings. The number of nitrogens with zero attached hydrogens (tertiary/aromatic N) is 5. The molecule has 7 nitrogen and oxygen atoms in total. The third kappa shape index (κ3) is 3.98. The van der Waals surface area contributed by atoms with E-state index in [2.05, 4.69) is 20.5 Å². The topological polar surface area (TPSA) is 92.7 Å². The van der Waals surface area contributed by atoms with Gasteiger partial charge in [-0.2, -0.15) is 5.11 Å². The van der Waals surface area contributed by atoms with Gasteiger partial charge in [0.15, 0.2) is 11.4 Å². The third-order valence-corrected chi connectivity index (χ3v) is 4.05. The zero-order chi connectivity index (χ0) is 19.4. The van der Waals surface area contributed by atoms with Gasteiger partial charge in [0.25, 0.3) is 0 Å². The minimum absolute atomic E-state index is 0.110.